The molecule has 108 valence electrons. The molecule has 0 amide bonds. The minimum Gasteiger partial charge on any atom is -0.369 e. The van der Waals surface area contributed by atoms with Gasteiger partial charge in [0.15, 0.2) is 0 Å². The van der Waals surface area contributed by atoms with Crippen LogP contribution in [0.2, 0.25) is 0 Å². The summed E-state index contributed by atoms with van der Waals surface area (Å²) in [5.74, 6) is 0.766. The number of imidazole rings is 1. The first-order chi connectivity index (χ1) is 9.61. The molecule has 0 aliphatic rings. The largest absolute Gasteiger partial charge is 0.369 e. The molecule has 0 saturated carbocycles. The molecule has 0 spiro atoms. The van der Waals surface area contributed by atoms with Gasteiger partial charge in [-0.1, -0.05) is 6.92 Å². The maximum atomic E-state index is 12.1. The van der Waals surface area contributed by atoms with Crippen molar-refractivity contribution >= 4 is 5.82 Å². The molecule has 0 atom stereocenters. The summed E-state index contributed by atoms with van der Waals surface area (Å²) >= 11 is 0. The third kappa shape index (κ3) is 3.26. The van der Waals surface area contributed by atoms with E-state index in [2.05, 4.69) is 22.2 Å². The van der Waals surface area contributed by atoms with Gasteiger partial charge in [-0.3, -0.25) is 14.1 Å². The Bertz CT molecular complexity index is 597. The lowest BCUT2D eigenvalue weighted by molar-refractivity contribution is 0.559. The second-order valence-electron chi connectivity index (χ2n) is 5.03. The zero-order valence-electron chi connectivity index (χ0n) is 12.2. The summed E-state index contributed by atoms with van der Waals surface area (Å²) in [6, 6.07) is 0.162. The number of nitrogens with zero attached hydrogens (tertiary/aromatic N) is 4. The highest BCUT2D eigenvalue weighted by Crippen LogP contribution is 2.04. The Morgan fingerprint density at radius 2 is 2.05 bits per heavy atom. The minimum atomic E-state index is -0.0185. The molecule has 0 bridgehead atoms. The summed E-state index contributed by atoms with van der Waals surface area (Å²) in [7, 11) is 0. The number of aromatic nitrogens is 4. The van der Waals surface area contributed by atoms with E-state index in [0.717, 1.165) is 24.5 Å². The summed E-state index contributed by atoms with van der Waals surface area (Å²) in [5, 5.41) is 3.17. The van der Waals surface area contributed by atoms with Crippen LogP contribution in [-0.2, 0) is 6.54 Å². The van der Waals surface area contributed by atoms with E-state index >= 15 is 0 Å². The van der Waals surface area contributed by atoms with E-state index in [1.807, 2.05) is 13.8 Å². The number of hydrogen-bond donors (Lipinski definition) is 1. The zero-order valence-corrected chi connectivity index (χ0v) is 12.2. The first-order valence-electron chi connectivity index (χ1n) is 6.94. The van der Waals surface area contributed by atoms with Crippen LogP contribution in [0.3, 0.4) is 0 Å². The van der Waals surface area contributed by atoms with E-state index in [1.54, 1.807) is 33.9 Å². The SMILES string of the molecule is CCCNc1cnc(Cn2ccn(C(C)C)c2=O)cn1. The highest BCUT2D eigenvalue weighted by atomic mass is 16.1. The van der Waals surface area contributed by atoms with Gasteiger partial charge in [-0.05, 0) is 20.3 Å². The second kappa shape index (κ2) is 6.36. The summed E-state index contributed by atoms with van der Waals surface area (Å²) < 4.78 is 3.34. The molecular weight excluding hydrogens is 254 g/mol. The van der Waals surface area contributed by atoms with Crippen molar-refractivity contribution in [2.45, 2.75) is 39.8 Å². The van der Waals surface area contributed by atoms with E-state index in [1.165, 1.54) is 0 Å². The Kier molecular flexibility index (Phi) is 4.55. The van der Waals surface area contributed by atoms with Gasteiger partial charge in [-0.25, -0.2) is 9.78 Å². The summed E-state index contributed by atoms with van der Waals surface area (Å²) in [4.78, 5) is 20.7. The molecule has 0 aliphatic heterocycles. The molecule has 2 heterocycles. The van der Waals surface area contributed by atoms with Crippen molar-refractivity contribution in [3.05, 3.63) is 41.0 Å². The van der Waals surface area contributed by atoms with Gasteiger partial charge in [0.2, 0.25) is 0 Å². The van der Waals surface area contributed by atoms with Crippen molar-refractivity contribution in [3.8, 4) is 0 Å². The monoisotopic (exact) mass is 275 g/mol. The van der Waals surface area contributed by atoms with Crippen LogP contribution in [0.25, 0.3) is 0 Å². The average Bonchev–Trinajstić information content (AvgIpc) is 2.79. The molecule has 20 heavy (non-hydrogen) atoms. The Hall–Kier alpha value is -2.11. The van der Waals surface area contributed by atoms with Crippen molar-refractivity contribution < 1.29 is 0 Å². The molecule has 6 heteroatoms. The van der Waals surface area contributed by atoms with Crippen LogP contribution in [0.5, 0.6) is 0 Å². The van der Waals surface area contributed by atoms with Crippen LogP contribution in [0.1, 0.15) is 38.9 Å². The highest BCUT2D eigenvalue weighted by Gasteiger charge is 2.07. The zero-order chi connectivity index (χ0) is 14.5. The van der Waals surface area contributed by atoms with Crippen molar-refractivity contribution in [3.63, 3.8) is 0 Å². The first-order valence-corrected chi connectivity index (χ1v) is 6.94. The number of nitrogens with one attached hydrogen (secondary N) is 1. The predicted molar refractivity (Wildman–Crippen MR) is 79.0 cm³/mol. The molecule has 0 aliphatic carbocycles. The van der Waals surface area contributed by atoms with Gasteiger partial charge in [0.1, 0.15) is 5.82 Å². The molecular formula is C14H21N5O. The fraction of sp³-hybridized carbons (Fsp3) is 0.500. The van der Waals surface area contributed by atoms with E-state index in [9.17, 15) is 4.79 Å². The molecule has 0 fully saturated rings. The van der Waals surface area contributed by atoms with Gasteiger partial charge in [0, 0.05) is 25.0 Å². The molecule has 0 unspecified atom stereocenters. The molecule has 0 radical (unpaired) electrons. The molecule has 0 aromatic carbocycles. The molecule has 2 aromatic heterocycles. The smallest absolute Gasteiger partial charge is 0.328 e. The van der Waals surface area contributed by atoms with Crippen molar-refractivity contribution in [2.24, 2.45) is 0 Å². The van der Waals surface area contributed by atoms with E-state index in [-0.39, 0.29) is 11.7 Å². The molecule has 1 N–H and O–H groups in total. The third-order valence-corrected chi connectivity index (χ3v) is 3.02. The van der Waals surface area contributed by atoms with Gasteiger partial charge in [-0.2, -0.15) is 0 Å². The number of hydrogen-bond acceptors (Lipinski definition) is 4. The van der Waals surface area contributed by atoms with Gasteiger partial charge in [-0.15, -0.1) is 0 Å². The van der Waals surface area contributed by atoms with Crippen molar-refractivity contribution in [2.75, 3.05) is 11.9 Å². The highest BCUT2D eigenvalue weighted by molar-refractivity contribution is 5.30. The lowest BCUT2D eigenvalue weighted by Crippen LogP contribution is -2.25. The van der Waals surface area contributed by atoms with Crippen LogP contribution in [0.4, 0.5) is 5.82 Å². The van der Waals surface area contributed by atoms with Crippen LogP contribution < -0.4 is 11.0 Å². The molecule has 0 saturated heterocycles. The Balaban J connectivity index is 2.08. The van der Waals surface area contributed by atoms with Crippen LogP contribution in [0, 0.1) is 0 Å². The van der Waals surface area contributed by atoms with Crippen LogP contribution in [0.15, 0.2) is 29.6 Å². The molecule has 2 aromatic rings. The number of anilines is 1. The first kappa shape index (κ1) is 14.3. The summed E-state index contributed by atoms with van der Waals surface area (Å²) in [6.07, 6.45) is 8.04. The van der Waals surface area contributed by atoms with E-state index in [4.69, 9.17) is 0 Å². The predicted octanol–water partition coefficient (Wildman–Crippen LogP) is 1.89. The maximum absolute atomic E-state index is 12.1. The third-order valence-electron chi connectivity index (χ3n) is 3.02. The summed E-state index contributed by atoms with van der Waals surface area (Å²) in [6.45, 7) is 7.39. The average molecular weight is 275 g/mol. The normalized spacial score (nSPS) is 11.0. The maximum Gasteiger partial charge on any atom is 0.328 e. The number of rotatable bonds is 6. The molecule has 6 nitrogen and oxygen atoms in total. The fourth-order valence-corrected chi connectivity index (χ4v) is 1.90. The quantitative estimate of drug-likeness (QED) is 0.874. The Labute approximate surface area is 118 Å². The van der Waals surface area contributed by atoms with Crippen molar-refractivity contribution in [1.82, 2.24) is 19.1 Å². The summed E-state index contributed by atoms with van der Waals surface area (Å²) in [5.41, 5.74) is 0.755. The lowest BCUT2D eigenvalue weighted by atomic mass is 10.4. The second-order valence-corrected chi connectivity index (χ2v) is 5.03. The Morgan fingerprint density at radius 3 is 2.60 bits per heavy atom. The molecule has 2 rings (SSSR count). The van der Waals surface area contributed by atoms with Crippen LogP contribution >= 0.6 is 0 Å². The van der Waals surface area contributed by atoms with Gasteiger partial charge < -0.3 is 5.32 Å². The van der Waals surface area contributed by atoms with Gasteiger partial charge >= 0.3 is 5.69 Å². The van der Waals surface area contributed by atoms with E-state index in [0.29, 0.717) is 6.54 Å². The topological polar surface area (TPSA) is 64.7 Å². The van der Waals surface area contributed by atoms with Crippen LogP contribution in [-0.4, -0.2) is 25.6 Å². The minimum absolute atomic E-state index is 0.0185. The van der Waals surface area contributed by atoms with Crippen molar-refractivity contribution in [1.29, 1.82) is 0 Å². The standard InChI is InChI=1S/C14H21N5O/c1-4-5-15-13-9-16-12(8-17-13)10-18-6-7-19(11(2)3)14(18)20/h6-9,11H,4-5,10H2,1-3H3,(H,15,17). The lowest BCUT2D eigenvalue weighted by Gasteiger charge is -2.06. The Morgan fingerprint density at radius 1 is 1.25 bits per heavy atom. The fourth-order valence-electron chi connectivity index (χ4n) is 1.90. The van der Waals surface area contributed by atoms with Gasteiger partial charge in [0.05, 0.1) is 24.6 Å². The van der Waals surface area contributed by atoms with E-state index < -0.39 is 0 Å². The van der Waals surface area contributed by atoms with Gasteiger partial charge in [0.25, 0.3) is 0 Å².